The second-order valence-electron chi connectivity index (χ2n) is 3.89. The quantitative estimate of drug-likeness (QED) is 0.518. The molecule has 0 aliphatic heterocycles. The van der Waals surface area contributed by atoms with E-state index in [1.54, 1.807) is 14.0 Å². The van der Waals surface area contributed by atoms with Crippen molar-refractivity contribution in [2.45, 2.75) is 25.6 Å². The van der Waals surface area contributed by atoms with Crippen molar-refractivity contribution in [2.75, 3.05) is 25.9 Å². The van der Waals surface area contributed by atoms with Crippen LogP contribution < -0.4 is 11.1 Å². The van der Waals surface area contributed by atoms with Crippen LogP contribution in [-0.4, -0.2) is 47.5 Å². The number of rotatable bonds is 7. The average Bonchev–Trinajstić information content (AvgIpc) is 2.77. The SMILES string of the molecule is CCOC(=O)c1nc(N)sc1C(O)C(O)CCNC. The van der Waals surface area contributed by atoms with Gasteiger partial charge in [-0.1, -0.05) is 11.3 Å². The predicted octanol–water partition coefficient (Wildman–Crippen LogP) is -0.0942. The number of hydrogen-bond donors (Lipinski definition) is 4. The molecule has 0 spiro atoms. The van der Waals surface area contributed by atoms with Gasteiger partial charge in [0.05, 0.1) is 17.6 Å². The number of aromatic nitrogens is 1. The van der Waals surface area contributed by atoms with E-state index < -0.39 is 18.2 Å². The lowest BCUT2D eigenvalue weighted by Crippen LogP contribution is -2.24. The van der Waals surface area contributed by atoms with E-state index in [1.165, 1.54) is 0 Å². The van der Waals surface area contributed by atoms with Crippen molar-refractivity contribution in [1.82, 2.24) is 10.3 Å². The van der Waals surface area contributed by atoms with E-state index >= 15 is 0 Å². The van der Waals surface area contributed by atoms with Crippen LogP contribution in [-0.2, 0) is 4.74 Å². The summed E-state index contributed by atoms with van der Waals surface area (Å²) in [5.41, 5.74) is 5.52. The molecular formula is C11H19N3O4S. The summed E-state index contributed by atoms with van der Waals surface area (Å²) in [6.45, 7) is 2.42. The number of thiazole rings is 1. The van der Waals surface area contributed by atoms with Crippen LogP contribution >= 0.6 is 11.3 Å². The van der Waals surface area contributed by atoms with Crippen LogP contribution in [0.25, 0.3) is 0 Å². The first kappa shape index (κ1) is 15.8. The number of esters is 1. The van der Waals surface area contributed by atoms with E-state index in [-0.39, 0.29) is 22.3 Å². The number of hydrogen-bond acceptors (Lipinski definition) is 8. The van der Waals surface area contributed by atoms with Crippen molar-refractivity contribution in [3.8, 4) is 0 Å². The number of nitrogens with zero attached hydrogens (tertiary/aromatic N) is 1. The minimum Gasteiger partial charge on any atom is -0.461 e. The molecular weight excluding hydrogens is 270 g/mol. The topological polar surface area (TPSA) is 118 Å². The zero-order chi connectivity index (χ0) is 14.4. The van der Waals surface area contributed by atoms with E-state index in [0.29, 0.717) is 13.0 Å². The minimum absolute atomic E-state index is 0.0274. The molecule has 0 aromatic carbocycles. The summed E-state index contributed by atoms with van der Waals surface area (Å²) in [4.78, 5) is 15.8. The molecule has 0 aliphatic rings. The second kappa shape index (κ2) is 7.39. The van der Waals surface area contributed by atoms with E-state index in [0.717, 1.165) is 11.3 Å². The smallest absolute Gasteiger partial charge is 0.358 e. The van der Waals surface area contributed by atoms with Crippen molar-refractivity contribution in [2.24, 2.45) is 0 Å². The Kier molecular flexibility index (Phi) is 6.16. The monoisotopic (exact) mass is 289 g/mol. The molecule has 7 nitrogen and oxygen atoms in total. The second-order valence-corrected chi connectivity index (χ2v) is 4.95. The Morgan fingerprint density at radius 2 is 2.26 bits per heavy atom. The van der Waals surface area contributed by atoms with Crippen LogP contribution in [0.3, 0.4) is 0 Å². The van der Waals surface area contributed by atoms with E-state index in [9.17, 15) is 15.0 Å². The van der Waals surface area contributed by atoms with E-state index in [4.69, 9.17) is 10.5 Å². The number of anilines is 1. The summed E-state index contributed by atoms with van der Waals surface area (Å²) in [6.07, 6.45) is -1.86. The van der Waals surface area contributed by atoms with Gasteiger partial charge in [0, 0.05) is 0 Å². The fourth-order valence-corrected chi connectivity index (χ4v) is 2.39. The first-order valence-corrected chi connectivity index (χ1v) is 6.76. The number of carbonyl (C=O) groups excluding carboxylic acids is 1. The third-order valence-corrected chi connectivity index (χ3v) is 3.42. The molecule has 0 aliphatic carbocycles. The van der Waals surface area contributed by atoms with Gasteiger partial charge in [0.25, 0.3) is 0 Å². The predicted molar refractivity (Wildman–Crippen MR) is 72.0 cm³/mol. The van der Waals surface area contributed by atoms with Crippen LogP contribution in [0.15, 0.2) is 0 Å². The largest absolute Gasteiger partial charge is 0.461 e. The lowest BCUT2D eigenvalue weighted by atomic mass is 10.1. The van der Waals surface area contributed by atoms with Gasteiger partial charge in [-0.05, 0) is 26.9 Å². The standard InChI is InChI=1S/C11H19N3O4S/c1-3-18-10(17)7-9(19-11(12)14-7)8(16)6(15)4-5-13-2/h6,8,13,15-16H,3-5H2,1-2H3,(H2,12,14). The minimum atomic E-state index is -1.21. The Labute approximate surface area is 115 Å². The number of aliphatic hydroxyl groups excluding tert-OH is 2. The van der Waals surface area contributed by atoms with Crippen LogP contribution in [0.5, 0.6) is 0 Å². The molecule has 8 heteroatoms. The van der Waals surface area contributed by atoms with Gasteiger partial charge in [-0.3, -0.25) is 0 Å². The molecule has 5 N–H and O–H groups in total. The number of nitrogens with two attached hydrogens (primary N) is 1. The molecule has 2 atom stereocenters. The van der Waals surface area contributed by atoms with Crippen LogP contribution in [0, 0.1) is 0 Å². The fraction of sp³-hybridized carbons (Fsp3) is 0.636. The van der Waals surface area contributed by atoms with Crippen molar-refractivity contribution in [3.05, 3.63) is 10.6 Å². The first-order chi connectivity index (χ1) is 9.01. The zero-order valence-electron chi connectivity index (χ0n) is 10.9. The molecule has 0 amide bonds. The highest BCUT2D eigenvalue weighted by Gasteiger charge is 2.28. The van der Waals surface area contributed by atoms with E-state index in [2.05, 4.69) is 10.3 Å². The Morgan fingerprint density at radius 1 is 1.58 bits per heavy atom. The Bertz CT molecular complexity index is 424. The number of ether oxygens (including phenoxy) is 1. The number of nitrogens with one attached hydrogen (secondary N) is 1. The third-order valence-electron chi connectivity index (χ3n) is 2.46. The Hall–Kier alpha value is -1.22. The van der Waals surface area contributed by atoms with Crippen LogP contribution in [0.2, 0.25) is 0 Å². The maximum atomic E-state index is 11.7. The average molecular weight is 289 g/mol. The summed E-state index contributed by atoms with van der Waals surface area (Å²) < 4.78 is 4.84. The maximum Gasteiger partial charge on any atom is 0.358 e. The molecule has 1 rings (SSSR count). The Morgan fingerprint density at radius 3 is 2.84 bits per heavy atom. The normalized spacial score (nSPS) is 14.1. The third kappa shape index (κ3) is 4.13. The van der Waals surface area contributed by atoms with Gasteiger partial charge in [-0.2, -0.15) is 0 Å². The molecule has 1 heterocycles. The highest BCUT2D eigenvalue weighted by atomic mass is 32.1. The van der Waals surface area contributed by atoms with Gasteiger partial charge in [-0.15, -0.1) is 0 Å². The summed E-state index contributed by atoms with van der Waals surface area (Å²) in [7, 11) is 1.74. The molecule has 0 radical (unpaired) electrons. The van der Waals surface area contributed by atoms with Crippen LogP contribution in [0.4, 0.5) is 5.13 Å². The molecule has 19 heavy (non-hydrogen) atoms. The van der Waals surface area contributed by atoms with Gasteiger partial charge < -0.3 is 26.0 Å². The van der Waals surface area contributed by atoms with Crippen molar-refractivity contribution < 1.29 is 19.7 Å². The summed E-state index contributed by atoms with van der Waals surface area (Å²) >= 11 is 0.974. The molecule has 0 fully saturated rings. The van der Waals surface area contributed by atoms with Gasteiger partial charge in [0.15, 0.2) is 10.8 Å². The van der Waals surface area contributed by atoms with Gasteiger partial charge in [0.2, 0.25) is 0 Å². The molecule has 0 bridgehead atoms. The molecule has 108 valence electrons. The number of aliphatic hydroxyl groups is 2. The highest BCUT2D eigenvalue weighted by molar-refractivity contribution is 7.15. The summed E-state index contributed by atoms with van der Waals surface area (Å²) in [5.74, 6) is -0.648. The molecule has 0 saturated carbocycles. The van der Waals surface area contributed by atoms with Crippen LogP contribution in [0.1, 0.15) is 34.8 Å². The summed E-state index contributed by atoms with van der Waals surface area (Å²) in [6, 6.07) is 0. The first-order valence-electron chi connectivity index (χ1n) is 5.95. The van der Waals surface area contributed by atoms with Crippen molar-refractivity contribution in [1.29, 1.82) is 0 Å². The Balaban J connectivity index is 2.89. The molecule has 1 aromatic heterocycles. The van der Waals surface area contributed by atoms with Gasteiger partial charge in [0.1, 0.15) is 6.10 Å². The number of carbonyl (C=O) groups is 1. The number of nitrogen functional groups attached to an aromatic ring is 1. The molecule has 1 aromatic rings. The molecule has 0 saturated heterocycles. The highest BCUT2D eigenvalue weighted by Crippen LogP contribution is 2.30. The van der Waals surface area contributed by atoms with Crippen molar-refractivity contribution in [3.63, 3.8) is 0 Å². The lowest BCUT2D eigenvalue weighted by Gasteiger charge is -2.16. The summed E-state index contributed by atoms with van der Waals surface area (Å²) in [5, 5.41) is 22.9. The zero-order valence-corrected chi connectivity index (χ0v) is 11.7. The fourth-order valence-electron chi connectivity index (χ4n) is 1.52. The van der Waals surface area contributed by atoms with E-state index in [1.807, 2.05) is 0 Å². The van der Waals surface area contributed by atoms with Crippen molar-refractivity contribution >= 4 is 22.4 Å². The van der Waals surface area contributed by atoms with Gasteiger partial charge >= 0.3 is 5.97 Å². The lowest BCUT2D eigenvalue weighted by molar-refractivity contribution is 0.0146. The van der Waals surface area contributed by atoms with Gasteiger partial charge in [-0.25, -0.2) is 9.78 Å². The maximum absolute atomic E-state index is 11.7. The molecule has 2 unspecified atom stereocenters.